The van der Waals surface area contributed by atoms with Crippen LogP contribution in [0.15, 0.2) is 16.7 Å². The van der Waals surface area contributed by atoms with E-state index >= 15 is 0 Å². The molecule has 0 aliphatic rings. The molecule has 1 rings (SSSR count). The Kier molecular flexibility index (Phi) is 5.53. The number of nitrogens with zero attached hydrogens (tertiary/aromatic N) is 3. The highest BCUT2D eigenvalue weighted by molar-refractivity contribution is 9.10. The summed E-state index contributed by atoms with van der Waals surface area (Å²) in [6.45, 7) is 5.26. The van der Waals surface area contributed by atoms with Crippen LogP contribution >= 0.6 is 15.9 Å². The third kappa shape index (κ3) is 3.66. The van der Waals surface area contributed by atoms with Crippen LogP contribution in [0.2, 0.25) is 0 Å². The first kappa shape index (κ1) is 14.9. The van der Waals surface area contributed by atoms with Crippen molar-refractivity contribution in [1.82, 2.24) is 9.88 Å². The Labute approximate surface area is 115 Å². The summed E-state index contributed by atoms with van der Waals surface area (Å²) in [5, 5.41) is 0. The molecule has 0 aliphatic carbocycles. The number of anilines is 1. The maximum absolute atomic E-state index is 13.7. The average molecular weight is 318 g/mol. The second kappa shape index (κ2) is 6.68. The molecule has 4 nitrogen and oxygen atoms in total. The summed E-state index contributed by atoms with van der Waals surface area (Å²) in [6, 6.07) is 1.33. The van der Waals surface area contributed by atoms with E-state index in [0.717, 1.165) is 0 Å². The van der Waals surface area contributed by atoms with Crippen LogP contribution in [0.4, 0.5) is 10.2 Å². The lowest BCUT2D eigenvalue weighted by Crippen LogP contribution is -2.39. The van der Waals surface area contributed by atoms with Gasteiger partial charge in [-0.05, 0) is 35.8 Å². The van der Waals surface area contributed by atoms with E-state index < -0.39 is 5.82 Å². The van der Waals surface area contributed by atoms with Gasteiger partial charge in [-0.2, -0.15) is 0 Å². The fourth-order valence-electron chi connectivity index (χ4n) is 1.64. The smallest absolute Gasteiger partial charge is 0.242 e. The van der Waals surface area contributed by atoms with E-state index in [-0.39, 0.29) is 18.3 Å². The van der Waals surface area contributed by atoms with Gasteiger partial charge in [-0.25, -0.2) is 9.37 Å². The first-order valence-corrected chi connectivity index (χ1v) is 6.58. The fourth-order valence-corrected chi connectivity index (χ4v) is 1.95. The topological polar surface area (TPSA) is 36.4 Å². The predicted molar refractivity (Wildman–Crippen MR) is 73.1 cm³/mol. The molecule has 6 heteroatoms. The van der Waals surface area contributed by atoms with Crippen molar-refractivity contribution in [3.05, 3.63) is 22.6 Å². The monoisotopic (exact) mass is 317 g/mol. The number of amides is 1. The molecule has 0 radical (unpaired) electrons. The van der Waals surface area contributed by atoms with Crippen LogP contribution in [-0.2, 0) is 4.79 Å². The molecule has 0 saturated carbocycles. The van der Waals surface area contributed by atoms with Crippen LogP contribution in [0.1, 0.15) is 13.8 Å². The molecule has 0 aliphatic heterocycles. The summed E-state index contributed by atoms with van der Waals surface area (Å²) >= 11 is 3.15. The van der Waals surface area contributed by atoms with Crippen LogP contribution in [-0.4, -0.2) is 42.5 Å². The third-order valence-corrected chi connectivity index (χ3v) is 3.07. The van der Waals surface area contributed by atoms with Gasteiger partial charge in [0, 0.05) is 30.8 Å². The number of rotatable bonds is 5. The van der Waals surface area contributed by atoms with Gasteiger partial charge in [0.25, 0.3) is 0 Å². The maximum Gasteiger partial charge on any atom is 0.242 e. The summed E-state index contributed by atoms with van der Waals surface area (Å²) in [4.78, 5) is 19.1. The molecule has 0 aromatic carbocycles. The Bertz CT molecular complexity index is 424. The Morgan fingerprint density at radius 3 is 2.56 bits per heavy atom. The fraction of sp³-hybridized carbons (Fsp3) is 0.500. The van der Waals surface area contributed by atoms with Gasteiger partial charge < -0.3 is 9.80 Å². The number of pyridine rings is 1. The zero-order valence-electron chi connectivity index (χ0n) is 10.8. The molecule has 1 aromatic heterocycles. The molecule has 1 amide bonds. The Morgan fingerprint density at radius 2 is 2.06 bits per heavy atom. The number of hydrogen-bond donors (Lipinski definition) is 0. The normalized spacial score (nSPS) is 10.3. The SMILES string of the molecule is CCN(CC)C(=O)CN(C)c1ncc(Br)cc1F. The zero-order valence-corrected chi connectivity index (χ0v) is 12.4. The predicted octanol–water partition coefficient (Wildman–Crippen LogP) is 2.29. The van der Waals surface area contributed by atoms with E-state index in [1.807, 2.05) is 13.8 Å². The van der Waals surface area contributed by atoms with Crippen molar-refractivity contribution in [3.8, 4) is 0 Å². The summed E-state index contributed by atoms with van der Waals surface area (Å²) in [6.07, 6.45) is 1.51. The zero-order chi connectivity index (χ0) is 13.7. The third-order valence-electron chi connectivity index (χ3n) is 2.64. The van der Waals surface area contributed by atoms with Gasteiger partial charge in [0.2, 0.25) is 5.91 Å². The van der Waals surface area contributed by atoms with E-state index in [0.29, 0.717) is 17.6 Å². The van der Waals surface area contributed by atoms with Gasteiger partial charge in [-0.3, -0.25) is 4.79 Å². The molecular weight excluding hydrogens is 301 g/mol. The van der Waals surface area contributed by atoms with Gasteiger partial charge in [0.15, 0.2) is 11.6 Å². The molecule has 0 saturated heterocycles. The Hall–Kier alpha value is -1.17. The van der Waals surface area contributed by atoms with Crippen LogP contribution < -0.4 is 4.90 Å². The van der Waals surface area contributed by atoms with Crippen molar-refractivity contribution in [1.29, 1.82) is 0 Å². The molecule has 0 unspecified atom stereocenters. The van der Waals surface area contributed by atoms with Gasteiger partial charge in [-0.15, -0.1) is 0 Å². The highest BCUT2D eigenvalue weighted by atomic mass is 79.9. The molecule has 0 fully saturated rings. The molecule has 18 heavy (non-hydrogen) atoms. The second-order valence-corrected chi connectivity index (χ2v) is 4.80. The quantitative estimate of drug-likeness (QED) is 0.836. The number of aromatic nitrogens is 1. The molecule has 1 aromatic rings. The van der Waals surface area contributed by atoms with Crippen molar-refractivity contribution in [3.63, 3.8) is 0 Å². The van der Waals surface area contributed by atoms with Crippen molar-refractivity contribution in [2.75, 3.05) is 31.6 Å². The highest BCUT2D eigenvalue weighted by Crippen LogP contribution is 2.18. The number of halogens is 2. The second-order valence-electron chi connectivity index (χ2n) is 3.88. The van der Waals surface area contributed by atoms with Crippen molar-refractivity contribution in [2.24, 2.45) is 0 Å². The minimum atomic E-state index is -0.445. The molecule has 100 valence electrons. The molecular formula is C12H17BrFN3O. The van der Waals surface area contributed by atoms with Gasteiger partial charge >= 0.3 is 0 Å². The number of hydrogen-bond acceptors (Lipinski definition) is 3. The van der Waals surface area contributed by atoms with Crippen molar-refractivity contribution in [2.45, 2.75) is 13.8 Å². The first-order chi connectivity index (χ1) is 8.49. The van der Waals surface area contributed by atoms with E-state index in [2.05, 4.69) is 20.9 Å². The molecule has 1 heterocycles. The lowest BCUT2D eigenvalue weighted by Gasteiger charge is -2.23. The Morgan fingerprint density at radius 1 is 1.44 bits per heavy atom. The van der Waals surface area contributed by atoms with E-state index in [1.165, 1.54) is 17.2 Å². The molecule has 0 spiro atoms. The van der Waals surface area contributed by atoms with Gasteiger partial charge in [-0.1, -0.05) is 0 Å². The minimum Gasteiger partial charge on any atom is -0.348 e. The first-order valence-electron chi connectivity index (χ1n) is 5.79. The highest BCUT2D eigenvalue weighted by Gasteiger charge is 2.16. The largest absolute Gasteiger partial charge is 0.348 e. The minimum absolute atomic E-state index is 0.0355. The van der Waals surface area contributed by atoms with E-state index in [4.69, 9.17) is 0 Å². The van der Waals surface area contributed by atoms with E-state index in [1.54, 1.807) is 11.9 Å². The van der Waals surface area contributed by atoms with Crippen LogP contribution in [0.25, 0.3) is 0 Å². The number of carbonyl (C=O) groups excluding carboxylic acids is 1. The summed E-state index contributed by atoms with van der Waals surface area (Å²) < 4.78 is 14.2. The number of likely N-dealkylation sites (N-methyl/N-ethyl adjacent to an activating group) is 2. The number of carbonyl (C=O) groups is 1. The summed E-state index contributed by atoms with van der Waals surface area (Å²) in [5.74, 6) is -0.301. The van der Waals surface area contributed by atoms with Crippen molar-refractivity contribution >= 4 is 27.7 Å². The maximum atomic E-state index is 13.7. The summed E-state index contributed by atoms with van der Waals surface area (Å²) in [5.41, 5.74) is 0. The lowest BCUT2D eigenvalue weighted by molar-refractivity contribution is -0.129. The average Bonchev–Trinajstić information content (AvgIpc) is 2.30. The van der Waals surface area contributed by atoms with E-state index in [9.17, 15) is 9.18 Å². The van der Waals surface area contributed by atoms with Gasteiger partial charge in [0.1, 0.15) is 0 Å². The standard InChI is InChI=1S/C12H17BrFN3O/c1-4-17(5-2)11(18)8-16(3)12-10(14)6-9(13)7-15-12/h6-7H,4-5,8H2,1-3H3. The molecule has 0 bridgehead atoms. The molecule has 0 atom stereocenters. The van der Waals surface area contributed by atoms with Gasteiger partial charge in [0.05, 0.1) is 6.54 Å². The Balaban J connectivity index is 2.76. The van der Waals surface area contributed by atoms with Crippen LogP contribution in [0.5, 0.6) is 0 Å². The lowest BCUT2D eigenvalue weighted by atomic mass is 10.4. The van der Waals surface area contributed by atoms with Crippen LogP contribution in [0.3, 0.4) is 0 Å². The van der Waals surface area contributed by atoms with Crippen molar-refractivity contribution < 1.29 is 9.18 Å². The molecule has 0 N–H and O–H groups in total. The van der Waals surface area contributed by atoms with Crippen LogP contribution in [0, 0.1) is 5.82 Å². The summed E-state index contributed by atoms with van der Waals surface area (Å²) in [7, 11) is 1.65.